The lowest BCUT2D eigenvalue weighted by atomic mass is 10.1. The van der Waals surface area contributed by atoms with Crippen LogP contribution in [0, 0.1) is 13.8 Å². The van der Waals surface area contributed by atoms with Crippen LogP contribution in [0.25, 0.3) is 5.69 Å². The molecule has 1 aliphatic rings. The Hall–Kier alpha value is -3.14. The number of hydrogen-bond acceptors (Lipinski definition) is 4. The van der Waals surface area contributed by atoms with Gasteiger partial charge in [-0.2, -0.15) is 23.4 Å². The van der Waals surface area contributed by atoms with E-state index in [0.29, 0.717) is 37.4 Å². The van der Waals surface area contributed by atoms with Gasteiger partial charge in [-0.1, -0.05) is 18.2 Å². The van der Waals surface area contributed by atoms with E-state index >= 15 is 0 Å². The van der Waals surface area contributed by atoms with Gasteiger partial charge in [0.25, 0.3) is 5.91 Å². The predicted molar refractivity (Wildman–Crippen MR) is 112 cm³/mol. The minimum absolute atomic E-state index is 0.177. The van der Waals surface area contributed by atoms with Crippen LogP contribution in [0.3, 0.4) is 0 Å². The number of carbonyl (C=O) groups excluding carboxylic acids is 1. The first-order chi connectivity index (χ1) is 15.1. The van der Waals surface area contributed by atoms with E-state index in [1.807, 2.05) is 48.9 Å². The lowest BCUT2D eigenvalue weighted by Crippen LogP contribution is -2.48. The van der Waals surface area contributed by atoms with Gasteiger partial charge < -0.3 is 4.90 Å². The number of para-hydroxylation sites is 1. The first kappa shape index (κ1) is 22.1. The van der Waals surface area contributed by atoms with Crippen molar-refractivity contribution in [3.05, 3.63) is 64.7 Å². The third-order valence-electron chi connectivity index (χ3n) is 5.87. The van der Waals surface area contributed by atoms with E-state index in [2.05, 4.69) is 15.1 Å². The first-order valence-electron chi connectivity index (χ1n) is 10.4. The molecule has 1 saturated heterocycles. The van der Waals surface area contributed by atoms with Gasteiger partial charge in [-0.25, -0.2) is 4.68 Å². The van der Waals surface area contributed by atoms with Gasteiger partial charge in [0.1, 0.15) is 5.69 Å². The third-order valence-corrected chi connectivity index (χ3v) is 5.87. The van der Waals surface area contributed by atoms with Crippen molar-refractivity contribution in [2.75, 3.05) is 26.2 Å². The fraction of sp³-hybridized carbons (Fsp3) is 0.409. The van der Waals surface area contributed by atoms with Gasteiger partial charge in [-0.05, 0) is 26.0 Å². The number of hydrogen-bond donors (Lipinski definition) is 0. The number of carbonyl (C=O) groups is 1. The number of alkyl halides is 3. The Balaban J connectivity index is 1.41. The predicted octanol–water partition coefficient (Wildman–Crippen LogP) is 3.20. The molecule has 0 unspecified atom stereocenters. The molecule has 170 valence electrons. The van der Waals surface area contributed by atoms with Crippen molar-refractivity contribution >= 4 is 5.91 Å². The maximum atomic E-state index is 13.0. The summed E-state index contributed by atoms with van der Waals surface area (Å²) in [6.45, 7) is 6.85. The Labute approximate surface area is 184 Å². The highest BCUT2D eigenvalue weighted by Crippen LogP contribution is 2.29. The van der Waals surface area contributed by atoms with Crippen LogP contribution in [0.1, 0.15) is 33.1 Å². The summed E-state index contributed by atoms with van der Waals surface area (Å²) >= 11 is 0. The number of amides is 1. The Kier molecular flexibility index (Phi) is 5.81. The van der Waals surface area contributed by atoms with Crippen LogP contribution in [-0.4, -0.2) is 61.4 Å². The zero-order valence-corrected chi connectivity index (χ0v) is 18.2. The van der Waals surface area contributed by atoms with E-state index in [1.165, 1.54) is 7.05 Å². The maximum absolute atomic E-state index is 13.0. The van der Waals surface area contributed by atoms with Crippen molar-refractivity contribution < 1.29 is 18.0 Å². The van der Waals surface area contributed by atoms with Gasteiger partial charge in [0.15, 0.2) is 5.69 Å². The molecule has 0 radical (unpaired) electrons. The minimum Gasteiger partial charge on any atom is -0.335 e. The topological polar surface area (TPSA) is 59.2 Å². The molecular formula is C22H25F3N6O. The van der Waals surface area contributed by atoms with Crippen LogP contribution in [0.15, 0.2) is 36.4 Å². The van der Waals surface area contributed by atoms with Gasteiger partial charge in [-0.3, -0.25) is 14.4 Å². The fourth-order valence-corrected chi connectivity index (χ4v) is 4.06. The van der Waals surface area contributed by atoms with Gasteiger partial charge in [0.05, 0.1) is 11.4 Å². The molecule has 1 aliphatic heterocycles. The number of halogens is 3. The molecule has 0 atom stereocenters. The van der Waals surface area contributed by atoms with Crippen molar-refractivity contribution in [2.24, 2.45) is 7.05 Å². The van der Waals surface area contributed by atoms with Gasteiger partial charge >= 0.3 is 6.18 Å². The van der Waals surface area contributed by atoms with Crippen molar-refractivity contribution in [2.45, 2.75) is 26.6 Å². The lowest BCUT2D eigenvalue weighted by molar-refractivity contribution is -0.143. The Morgan fingerprint density at radius 1 is 1.03 bits per heavy atom. The van der Waals surface area contributed by atoms with Gasteiger partial charge in [0.2, 0.25) is 0 Å². The molecule has 0 aliphatic carbocycles. The van der Waals surface area contributed by atoms with Crippen LogP contribution in [0.2, 0.25) is 0 Å². The molecule has 32 heavy (non-hydrogen) atoms. The SMILES string of the molecule is Cc1nn(-c2ccccc2)c(C)c1CN1CCN(C(=O)c2cc(C(F)(F)F)n(C)n2)CC1. The van der Waals surface area contributed by atoms with E-state index in [9.17, 15) is 18.0 Å². The molecule has 0 bridgehead atoms. The number of nitrogens with zero attached hydrogens (tertiary/aromatic N) is 6. The number of benzene rings is 1. The first-order valence-corrected chi connectivity index (χ1v) is 10.4. The summed E-state index contributed by atoms with van der Waals surface area (Å²) in [5.41, 5.74) is 3.07. The fourth-order valence-electron chi connectivity index (χ4n) is 4.06. The van der Waals surface area contributed by atoms with Crippen LogP contribution in [0.5, 0.6) is 0 Å². The number of aryl methyl sites for hydroxylation is 2. The largest absolute Gasteiger partial charge is 0.433 e. The molecule has 1 amide bonds. The van der Waals surface area contributed by atoms with Gasteiger partial charge in [0, 0.05) is 57.1 Å². The quantitative estimate of drug-likeness (QED) is 0.618. The van der Waals surface area contributed by atoms with Crippen LogP contribution in [-0.2, 0) is 19.8 Å². The molecule has 10 heteroatoms. The van der Waals surface area contributed by atoms with E-state index in [1.54, 1.807) is 4.90 Å². The molecule has 1 aromatic carbocycles. The zero-order chi connectivity index (χ0) is 23.0. The van der Waals surface area contributed by atoms with E-state index in [0.717, 1.165) is 28.7 Å². The summed E-state index contributed by atoms with van der Waals surface area (Å²) in [7, 11) is 1.19. The molecule has 1 fully saturated rings. The standard InChI is InChI=1S/C22H25F3N6O/c1-15-18(16(2)31(26-15)17-7-5-4-6-8-17)14-29-9-11-30(12-10-29)21(32)19-13-20(22(23,24)25)28(3)27-19/h4-8,13H,9-12,14H2,1-3H3. The lowest BCUT2D eigenvalue weighted by Gasteiger charge is -2.34. The molecule has 0 N–H and O–H groups in total. The molecule has 3 aromatic rings. The van der Waals surface area contributed by atoms with Crippen molar-refractivity contribution in [1.82, 2.24) is 29.4 Å². The number of aromatic nitrogens is 4. The summed E-state index contributed by atoms with van der Waals surface area (Å²) in [4.78, 5) is 16.5. The van der Waals surface area contributed by atoms with Gasteiger partial charge in [-0.15, -0.1) is 0 Å². The second-order valence-electron chi connectivity index (χ2n) is 8.00. The van der Waals surface area contributed by atoms with Crippen molar-refractivity contribution in [3.63, 3.8) is 0 Å². The molecule has 4 rings (SSSR count). The maximum Gasteiger partial charge on any atom is 0.433 e. The van der Waals surface area contributed by atoms with Crippen LogP contribution in [0.4, 0.5) is 13.2 Å². The van der Waals surface area contributed by atoms with E-state index in [-0.39, 0.29) is 5.69 Å². The summed E-state index contributed by atoms with van der Waals surface area (Å²) in [5.74, 6) is -0.472. The Morgan fingerprint density at radius 2 is 1.69 bits per heavy atom. The average molecular weight is 446 g/mol. The highest BCUT2D eigenvalue weighted by Gasteiger charge is 2.36. The molecule has 3 heterocycles. The monoisotopic (exact) mass is 446 g/mol. The molecule has 0 spiro atoms. The minimum atomic E-state index is -4.54. The third kappa shape index (κ3) is 4.27. The molecular weight excluding hydrogens is 421 g/mol. The summed E-state index contributed by atoms with van der Waals surface area (Å²) in [6, 6.07) is 10.7. The molecule has 0 saturated carbocycles. The van der Waals surface area contributed by atoms with Crippen LogP contribution < -0.4 is 0 Å². The molecule has 7 nitrogen and oxygen atoms in total. The summed E-state index contributed by atoms with van der Waals surface area (Å²) < 4.78 is 41.6. The second-order valence-corrected chi connectivity index (χ2v) is 8.00. The highest BCUT2D eigenvalue weighted by molar-refractivity contribution is 5.92. The van der Waals surface area contributed by atoms with E-state index in [4.69, 9.17) is 0 Å². The Morgan fingerprint density at radius 3 is 2.28 bits per heavy atom. The summed E-state index contributed by atoms with van der Waals surface area (Å²) in [6.07, 6.45) is -4.54. The average Bonchev–Trinajstić information content (AvgIpc) is 3.29. The summed E-state index contributed by atoms with van der Waals surface area (Å²) in [5, 5.41) is 8.46. The number of piperazine rings is 1. The normalized spacial score (nSPS) is 15.4. The van der Waals surface area contributed by atoms with Crippen molar-refractivity contribution in [3.8, 4) is 5.69 Å². The second kappa shape index (κ2) is 8.42. The van der Waals surface area contributed by atoms with Crippen LogP contribution >= 0.6 is 0 Å². The molecule has 2 aromatic heterocycles. The highest BCUT2D eigenvalue weighted by atomic mass is 19.4. The number of rotatable bonds is 4. The van der Waals surface area contributed by atoms with E-state index < -0.39 is 17.8 Å². The smallest absolute Gasteiger partial charge is 0.335 e. The van der Waals surface area contributed by atoms with Crippen molar-refractivity contribution in [1.29, 1.82) is 0 Å². The zero-order valence-electron chi connectivity index (χ0n) is 18.2. The Bertz CT molecular complexity index is 1110.